The van der Waals surface area contributed by atoms with Crippen LogP contribution in [0.3, 0.4) is 0 Å². The van der Waals surface area contributed by atoms with E-state index in [1.165, 1.54) is 12.1 Å². The number of esters is 1. The molecule has 0 aliphatic heterocycles. The Morgan fingerprint density at radius 3 is 2.50 bits per heavy atom. The third-order valence-electron chi connectivity index (χ3n) is 1.72. The highest BCUT2D eigenvalue weighted by atomic mass is 16.6. The van der Waals surface area contributed by atoms with E-state index in [9.17, 15) is 14.9 Å². The van der Waals surface area contributed by atoms with Crippen molar-refractivity contribution in [2.45, 2.75) is 0 Å². The van der Waals surface area contributed by atoms with Crippen molar-refractivity contribution in [3.8, 4) is 0 Å². The summed E-state index contributed by atoms with van der Waals surface area (Å²) in [6, 6.07) is 8.09. The van der Waals surface area contributed by atoms with Gasteiger partial charge in [0.25, 0.3) is 5.70 Å². The minimum Gasteiger partial charge on any atom is -0.432 e. The molecule has 0 unspecified atom stereocenters. The lowest BCUT2D eigenvalue weighted by Gasteiger charge is -1.97. The summed E-state index contributed by atoms with van der Waals surface area (Å²) in [6.45, 7) is 3.18. The molecule has 5 nitrogen and oxygen atoms in total. The molecule has 0 spiro atoms. The molecule has 1 aromatic carbocycles. The monoisotopic (exact) mass is 219 g/mol. The highest BCUT2D eigenvalue weighted by Crippen LogP contribution is 2.14. The quantitative estimate of drug-likeness (QED) is 0.255. The fourth-order valence-corrected chi connectivity index (χ4v) is 1.08. The number of benzene rings is 1. The number of ether oxygens (including phenoxy) is 1. The van der Waals surface area contributed by atoms with E-state index in [0.29, 0.717) is 5.56 Å². The molecular weight excluding hydrogens is 210 g/mol. The van der Waals surface area contributed by atoms with E-state index < -0.39 is 10.9 Å². The molecule has 1 aromatic rings. The summed E-state index contributed by atoms with van der Waals surface area (Å²) in [5.41, 5.74) is 0.0287. The maximum atomic E-state index is 11.1. The zero-order valence-electron chi connectivity index (χ0n) is 8.33. The third kappa shape index (κ3) is 3.06. The first-order chi connectivity index (χ1) is 7.65. The van der Waals surface area contributed by atoms with Gasteiger partial charge in [0.1, 0.15) is 6.08 Å². The van der Waals surface area contributed by atoms with Gasteiger partial charge in [0, 0.05) is 0 Å². The smallest absolute Gasteiger partial charge is 0.342 e. The van der Waals surface area contributed by atoms with Crippen LogP contribution in [0.25, 0.3) is 5.70 Å². The van der Waals surface area contributed by atoms with Crippen molar-refractivity contribution in [1.82, 2.24) is 0 Å². The molecule has 82 valence electrons. The van der Waals surface area contributed by atoms with Crippen LogP contribution in [0, 0.1) is 10.1 Å². The maximum absolute atomic E-state index is 11.1. The van der Waals surface area contributed by atoms with E-state index >= 15 is 0 Å². The van der Waals surface area contributed by atoms with Gasteiger partial charge in [-0.1, -0.05) is 24.8 Å². The van der Waals surface area contributed by atoms with Crippen LogP contribution >= 0.6 is 0 Å². The SMILES string of the molecule is C=COC(=O)C=C(c1ccccc1)[N+](=O)[O-]. The highest BCUT2D eigenvalue weighted by molar-refractivity contribution is 5.89. The number of carbonyl (C=O) groups excluding carboxylic acids is 1. The van der Waals surface area contributed by atoms with Gasteiger partial charge in [0.2, 0.25) is 0 Å². The summed E-state index contributed by atoms with van der Waals surface area (Å²) < 4.78 is 4.39. The number of nitrogens with zero attached hydrogens (tertiary/aromatic N) is 1. The molecule has 16 heavy (non-hydrogen) atoms. The van der Waals surface area contributed by atoms with Crippen LogP contribution in [0.1, 0.15) is 5.56 Å². The lowest BCUT2D eigenvalue weighted by Crippen LogP contribution is -2.03. The van der Waals surface area contributed by atoms with Gasteiger partial charge in [0.15, 0.2) is 0 Å². The molecule has 0 heterocycles. The number of carbonyl (C=O) groups is 1. The summed E-state index contributed by atoms with van der Waals surface area (Å²) in [5.74, 6) is -0.828. The standard InChI is InChI=1S/C11H9NO4/c1-2-16-11(13)8-10(12(14)15)9-6-4-3-5-7-9/h2-8H,1H2. The molecule has 0 saturated carbocycles. The van der Waals surface area contributed by atoms with Crippen molar-refractivity contribution in [2.24, 2.45) is 0 Å². The Morgan fingerprint density at radius 2 is 2.00 bits per heavy atom. The molecule has 0 saturated heterocycles. The van der Waals surface area contributed by atoms with Gasteiger partial charge in [0.05, 0.1) is 16.7 Å². The molecule has 0 N–H and O–H groups in total. The van der Waals surface area contributed by atoms with Gasteiger partial charge in [-0.25, -0.2) is 4.79 Å². The van der Waals surface area contributed by atoms with E-state index in [2.05, 4.69) is 11.3 Å². The molecular formula is C11H9NO4. The predicted molar refractivity (Wildman–Crippen MR) is 57.7 cm³/mol. The number of nitro groups is 1. The van der Waals surface area contributed by atoms with Gasteiger partial charge in [-0.05, 0) is 12.1 Å². The highest BCUT2D eigenvalue weighted by Gasteiger charge is 2.16. The molecule has 0 amide bonds. The molecule has 0 fully saturated rings. The van der Waals surface area contributed by atoms with Crippen LogP contribution in [0.5, 0.6) is 0 Å². The summed E-state index contributed by atoms with van der Waals surface area (Å²) in [7, 11) is 0. The van der Waals surface area contributed by atoms with E-state index in [1.807, 2.05) is 0 Å². The zero-order chi connectivity index (χ0) is 12.0. The normalized spacial score (nSPS) is 10.6. The lowest BCUT2D eigenvalue weighted by atomic mass is 10.1. The second-order valence-corrected chi connectivity index (χ2v) is 2.76. The van der Waals surface area contributed by atoms with Crippen molar-refractivity contribution in [3.63, 3.8) is 0 Å². The van der Waals surface area contributed by atoms with Crippen molar-refractivity contribution in [3.05, 3.63) is 64.9 Å². The lowest BCUT2D eigenvalue weighted by molar-refractivity contribution is -0.375. The Balaban J connectivity index is 3.05. The number of rotatable bonds is 4. The number of hydrogen-bond acceptors (Lipinski definition) is 4. The third-order valence-corrected chi connectivity index (χ3v) is 1.72. The van der Waals surface area contributed by atoms with Crippen LogP contribution in [-0.4, -0.2) is 10.9 Å². The van der Waals surface area contributed by atoms with E-state index in [0.717, 1.165) is 12.3 Å². The van der Waals surface area contributed by atoms with Crippen molar-refractivity contribution < 1.29 is 14.5 Å². The fourth-order valence-electron chi connectivity index (χ4n) is 1.08. The molecule has 0 radical (unpaired) electrons. The van der Waals surface area contributed by atoms with Gasteiger partial charge >= 0.3 is 5.97 Å². The Bertz CT molecular complexity index is 437. The second kappa shape index (κ2) is 5.45. The van der Waals surface area contributed by atoms with Crippen LogP contribution in [-0.2, 0) is 9.53 Å². The average molecular weight is 219 g/mol. The Kier molecular flexibility index (Phi) is 3.97. The molecule has 0 aliphatic carbocycles. The first-order valence-electron chi connectivity index (χ1n) is 4.38. The summed E-state index contributed by atoms with van der Waals surface area (Å²) in [5, 5.41) is 10.7. The minimum absolute atomic E-state index is 0.313. The van der Waals surface area contributed by atoms with E-state index in [-0.39, 0.29) is 5.70 Å². The Hall–Kier alpha value is -2.43. The average Bonchev–Trinajstić information content (AvgIpc) is 2.27. The molecule has 0 atom stereocenters. The molecule has 5 heteroatoms. The predicted octanol–water partition coefficient (Wildman–Crippen LogP) is 1.99. The van der Waals surface area contributed by atoms with Crippen molar-refractivity contribution >= 4 is 11.7 Å². The topological polar surface area (TPSA) is 69.4 Å². The molecule has 0 aromatic heterocycles. The molecule has 1 rings (SSSR count). The molecule has 0 aliphatic rings. The summed E-state index contributed by atoms with van der Waals surface area (Å²) >= 11 is 0. The van der Waals surface area contributed by atoms with Crippen LogP contribution < -0.4 is 0 Å². The van der Waals surface area contributed by atoms with Crippen molar-refractivity contribution in [2.75, 3.05) is 0 Å². The van der Waals surface area contributed by atoms with Gasteiger partial charge in [-0.2, -0.15) is 0 Å². The largest absolute Gasteiger partial charge is 0.432 e. The maximum Gasteiger partial charge on any atom is 0.342 e. The summed E-state index contributed by atoms with van der Waals surface area (Å²) in [6.07, 6.45) is 1.73. The molecule has 0 bridgehead atoms. The first-order valence-corrected chi connectivity index (χ1v) is 4.38. The van der Waals surface area contributed by atoms with Gasteiger partial charge in [-0.15, -0.1) is 0 Å². The zero-order valence-corrected chi connectivity index (χ0v) is 8.33. The number of hydrogen-bond donors (Lipinski definition) is 0. The van der Waals surface area contributed by atoms with Crippen molar-refractivity contribution in [1.29, 1.82) is 0 Å². The van der Waals surface area contributed by atoms with Gasteiger partial charge < -0.3 is 4.74 Å². The Morgan fingerprint density at radius 1 is 1.38 bits per heavy atom. The minimum atomic E-state index is -0.828. The van der Waals surface area contributed by atoms with Gasteiger partial charge in [-0.3, -0.25) is 10.1 Å². The van der Waals surface area contributed by atoms with Crippen LogP contribution in [0.4, 0.5) is 0 Å². The van der Waals surface area contributed by atoms with E-state index in [1.54, 1.807) is 18.2 Å². The fraction of sp³-hybridized carbons (Fsp3) is 0. The second-order valence-electron chi connectivity index (χ2n) is 2.76. The van der Waals surface area contributed by atoms with E-state index in [4.69, 9.17) is 0 Å². The van der Waals surface area contributed by atoms with Crippen LogP contribution in [0.15, 0.2) is 49.2 Å². The van der Waals surface area contributed by atoms with Crippen LogP contribution in [0.2, 0.25) is 0 Å². The Labute approximate surface area is 91.8 Å². The summed E-state index contributed by atoms with van der Waals surface area (Å²) in [4.78, 5) is 21.2. The first kappa shape index (κ1) is 11.6.